The quantitative estimate of drug-likeness (QED) is 0.314. The number of carbonyl (C=O) groups is 3. The van der Waals surface area contributed by atoms with Crippen LogP contribution >= 0.6 is 0 Å². The highest BCUT2D eigenvalue weighted by Crippen LogP contribution is 2.17. The van der Waals surface area contributed by atoms with Crippen LogP contribution in [0.5, 0.6) is 5.75 Å². The van der Waals surface area contributed by atoms with Crippen molar-refractivity contribution >= 4 is 17.6 Å². The number of Topliss-reactive ketones (excluding diaryl/α,β-unsaturated/α-hetero) is 1. The smallest absolute Gasteiger partial charge is 0.243 e. The van der Waals surface area contributed by atoms with Crippen LogP contribution in [-0.4, -0.2) is 98.5 Å². The van der Waals surface area contributed by atoms with Crippen molar-refractivity contribution < 1.29 is 33.7 Å². The molecule has 2 fully saturated rings. The molecule has 0 radical (unpaired) electrons. The van der Waals surface area contributed by atoms with Crippen LogP contribution in [0.25, 0.3) is 0 Å². The first kappa shape index (κ1) is 27.7. The Morgan fingerprint density at radius 1 is 1.00 bits per heavy atom. The van der Waals surface area contributed by atoms with Crippen LogP contribution in [0.15, 0.2) is 54.6 Å². The summed E-state index contributed by atoms with van der Waals surface area (Å²) in [7, 11) is 1.57. The fourth-order valence-corrected chi connectivity index (χ4v) is 4.48. The number of ether oxygens (including phenoxy) is 3. The van der Waals surface area contributed by atoms with Gasteiger partial charge in [0.1, 0.15) is 17.9 Å². The van der Waals surface area contributed by atoms with Gasteiger partial charge in [0.05, 0.1) is 52.2 Å². The highest BCUT2D eigenvalue weighted by molar-refractivity contribution is 5.96. The van der Waals surface area contributed by atoms with Gasteiger partial charge in [-0.05, 0) is 29.7 Å². The fraction of sp³-hybridized carbons (Fsp3) is 0.464. The molecule has 0 aromatic heterocycles. The minimum absolute atomic E-state index is 0.0171. The Bertz CT molecular complexity index is 1080. The number of aliphatic hydroxyl groups is 1. The van der Waals surface area contributed by atoms with Gasteiger partial charge in [0.15, 0.2) is 5.78 Å². The summed E-state index contributed by atoms with van der Waals surface area (Å²) in [5.74, 6) is -0.310. The molecule has 0 spiro atoms. The zero-order chi connectivity index (χ0) is 26.9. The van der Waals surface area contributed by atoms with E-state index in [1.807, 2.05) is 47.4 Å². The molecule has 3 N–H and O–H groups in total. The van der Waals surface area contributed by atoms with Crippen LogP contribution in [0.3, 0.4) is 0 Å². The van der Waals surface area contributed by atoms with Gasteiger partial charge < -0.3 is 30.0 Å². The Balaban J connectivity index is 1.48. The van der Waals surface area contributed by atoms with Gasteiger partial charge in [-0.25, -0.2) is 0 Å². The molecule has 0 saturated carbocycles. The lowest BCUT2D eigenvalue weighted by atomic mass is 9.99. The molecular formula is C28H35N3O7. The largest absolute Gasteiger partial charge is 0.497 e. The summed E-state index contributed by atoms with van der Waals surface area (Å²) >= 11 is 0. The minimum atomic E-state index is -0.921. The lowest BCUT2D eigenvalue weighted by Crippen LogP contribution is -2.56. The van der Waals surface area contributed by atoms with E-state index in [0.29, 0.717) is 38.5 Å². The molecule has 2 amide bonds. The predicted octanol–water partition coefficient (Wildman–Crippen LogP) is 0.111. The Kier molecular flexibility index (Phi) is 9.83. The second kappa shape index (κ2) is 13.5. The van der Waals surface area contributed by atoms with Gasteiger partial charge in [-0.3, -0.25) is 19.3 Å². The molecule has 1 unspecified atom stereocenters. The van der Waals surface area contributed by atoms with Crippen molar-refractivity contribution in [2.75, 3.05) is 46.6 Å². The highest BCUT2D eigenvalue weighted by Gasteiger charge is 2.38. The monoisotopic (exact) mass is 525 g/mol. The van der Waals surface area contributed by atoms with Gasteiger partial charge in [-0.15, -0.1) is 0 Å². The van der Waals surface area contributed by atoms with E-state index < -0.39 is 24.1 Å². The molecule has 2 heterocycles. The van der Waals surface area contributed by atoms with E-state index >= 15 is 0 Å². The van der Waals surface area contributed by atoms with Gasteiger partial charge in [0.2, 0.25) is 11.8 Å². The van der Waals surface area contributed by atoms with Crippen molar-refractivity contribution in [2.24, 2.45) is 0 Å². The fourth-order valence-electron chi connectivity index (χ4n) is 4.48. The molecule has 2 saturated heterocycles. The van der Waals surface area contributed by atoms with Gasteiger partial charge in [-0.2, -0.15) is 0 Å². The third-order valence-corrected chi connectivity index (χ3v) is 6.75. The summed E-state index contributed by atoms with van der Waals surface area (Å²) in [4.78, 5) is 41.4. The van der Waals surface area contributed by atoms with Crippen molar-refractivity contribution in [1.29, 1.82) is 0 Å². The number of nitrogens with one attached hydrogen (secondary N) is 2. The summed E-state index contributed by atoms with van der Waals surface area (Å²) in [6.07, 6.45) is 0.0242. The maximum atomic E-state index is 13.5. The lowest BCUT2D eigenvalue weighted by molar-refractivity contribution is -0.133. The molecule has 2 aliphatic rings. The van der Waals surface area contributed by atoms with Crippen molar-refractivity contribution in [3.63, 3.8) is 0 Å². The van der Waals surface area contributed by atoms with E-state index in [9.17, 15) is 19.5 Å². The first-order valence-electron chi connectivity index (χ1n) is 12.8. The van der Waals surface area contributed by atoms with Crippen LogP contribution in [-0.2, 0) is 36.7 Å². The third-order valence-electron chi connectivity index (χ3n) is 6.75. The molecular weight excluding hydrogens is 490 g/mol. The third kappa shape index (κ3) is 7.84. The number of epoxide rings is 1. The number of rotatable bonds is 13. The molecule has 10 nitrogen and oxygen atoms in total. The Morgan fingerprint density at radius 3 is 2.34 bits per heavy atom. The molecule has 10 heteroatoms. The van der Waals surface area contributed by atoms with Gasteiger partial charge in [-0.1, -0.05) is 42.5 Å². The van der Waals surface area contributed by atoms with Gasteiger partial charge in [0, 0.05) is 13.0 Å². The van der Waals surface area contributed by atoms with Crippen LogP contribution in [0, 0.1) is 0 Å². The average Bonchev–Trinajstić information content (AvgIpc) is 3.79. The zero-order valence-electron chi connectivity index (χ0n) is 21.5. The normalized spacial score (nSPS) is 20.7. The van der Waals surface area contributed by atoms with Crippen molar-refractivity contribution in [3.05, 3.63) is 65.7 Å². The first-order chi connectivity index (χ1) is 18.5. The molecule has 2 aliphatic heterocycles. The molecule has 0 aliphatic carbocycles. The van der Waals surface area contributed by atoms with Crippen LogP contribution < -0.4 is 15.4 Å². The minimum Gasteiger partial charge on any atom is -0.497 e. The summed E-state index contributed by atoms with van der Waals surface area (Å²) in [5, 5.41) is 15.4. The highest BCUT2D eigenvalue weighted by atomic mass is 16.6. The lowest BCUT2D eigenvalue weighted by Gasteiger charge is -2.34. The van der Waals surface area contributed by atoms with E-state index in [4.69, 9.17) is 14.2 Å². The molecule has 204 valence electrons. The number of benzene rings is 2. The number of hydrogen-bond acceptors (Lipinski definition) is 8. The predicted molar refractivity (Wildman–Crippen MR) is 139 cm³/mol. The summed E-state index contributed by atoms with van der Waals surface area (Å²) < 4.78 is 15.8. The number of morpholine rings is 1. The van der Waals surface area contributed by atoms with Gasteiger partial charge in [0.25, 0.3) is 0 Å². The Labute approximate surface area is 222 Å². The second-order valence-corrected chi connectivity index (χ2v) is 9.53. The maximum Gasteiger partial charge on any atom is 0.243 e. The number of carbonyl (C=O) groups excluding carboxylic acids is 3. The number of hydrogen-bond donors (Lipinski definition) is 3. The van der Waals surface area contributed by atoms with E-state index in [1.165, 1.54) is 0 Å². The molecule has 0 bridgehead atoms. The van der Waals surface area contributed by atoms with E-state index in [1.54, 1.807) is 19.2 Å². The second-order valence-electron chi connectivity index (χ2n) is 9.53. The molecule has 38 heavy (non-hydrogen) atoms. The van der Waals surface area contributed by atoms with Crippen LogP contribution in [0.2, 0.25) is 0 Å². The standard InChI is InChI=1S/C28H35N3O7/c1-36-22-9-7-20(8-10-22)14-24(29-26(33)15-31-11-12-37-17-21(31)16-32)28(35)30-23(27(34)25-18-38-25)13-19-5-3-2-4-6-19/h2-10,21,23-25,32H,11-18H2,1H3,(H,29,33)(H,30,35)/t21-,23?,24-,25+/m0/s1. The summed E-state index contributed by atoms with van der Waals surface area (Å²) in [6, 6.07) is 14.7. The molecule has 2 aromatic rings. The van der Waals surface area contributed by atoms with Crippen LogP contribution in [0.1, 0.15) is 11.1 Å². The van der Waals surface area contributed by atoms with Crippen molar-refractivity contribution in [1.82, 2.24) is 15.5 Å². The number of nitrogens with zero attached hydrogens (tertiary/aromatic N) is 1. The number of aliphatic hydroxyl groups excluding tert-OH is 1. The van der Waals surface area contributed by atoms with Crippen molar-refractivity contribution in [2.45, 2.75) is 37.1 Å². The number of ketones is 1. The first-order valence-corrected chi connectivity index (χ1v) is 12.8. The summed E-state index contributed by atoms with van der Waals surface area (Å²) in [6.45, 7) is 1.54. The topological polar surface area (TPSA) is 130 Å². The van der Waals surface area contributed by atoms with Crippen molar-refractivity contribution in [3.8, 4) is 5.75 Å². The van der Waals surface area contributed by atoms with E-state index in [0.717, 1.165) is 11.1 Å². The molecule has 4 rings (SSSR count). The average molecular weight is 526 g/mol. The van der Waals surface area contributed by atoms with Crippen LogP contribution in [0.4, 0.5) is 0 Å². The zero-order valence-corrected chi connectivity index (χ0v) is 21.5. The SMILES string of the molecule is COc1ccc(C[C@H](NC(=O)CN2CCOC[C@@H]2CO)C(=O)NC(Cc2ccccc2)C(=O)[C@H]2CO2)cc1. The Morgan fingerprint density at radius 2 is 1.68 bits per heavy atom. The summed E-state index contributed by atoms with van der Waals surface area (Å²) in [5.41, 5.74) is 1.73. The van der Waals surface area contributed by atoms with E-state index in [-0.39, 0.29) is 37.3 Å². The Hall–Kier alpha value is -3.31. The maximum absolute atomic E-state index is 13.5. The molecule has 4 atom stereocenters. The number of methoxy groups -OCH3 is 1. The van der Waals surface area contributed by atoms with Gasteiger partial charge >= 0.3 is 0 Å². The number of amides is 2. The van der Waals surface area contributed by atoms with E-state index in [2.05, 4.69) is 10.6 Å². The molecule has 2 aromatic carbocycles.